The predicted octanol–water partition coefficient (Wildman–Crippen LogP) is 2.33. The monoisotopic (exact) mass is 385 g/mol. The van der Waals surface area contributed by atoms with Crippen LogP contribution >= 0.6 is 11.3 Å². The molecule has 0 aliphatic carbocycles. The van der Waals surface area contributed by atoms with Crippen molar-refractivity contribution in [2.75, 3.05) is 6.61 Å². The summed E-state index contributed by atoms with van der Waals surface area (Å²) in [6.07, 6.45) is 0. The summed E-state index contributed by atoms with van der Waals surface area (Å²) in [7, 11) is 0. The van der Waals surface area contributed by atoms with Gasteiger partial charge in [0.25, 0.3) is 11.8 Å². The molecule has 0 saturated carbocycles. The van der Waals surface area contributed by atoms with Gasteiger partial charge in [0.15, 0.2) is 12.3 Å². The maximum atomic E-state index is 12.1. The predicted molar refractivity (Wildman–Crippen MR) is 96.9 cm³/mol. The van der Waals surface area contributed by atoms with Crippen LogP contribution in [0.3, 0.4) is 0 Å². The van der Waals surface area contributed by atoms with E-state index in [0.29, 0.717) is 10.4 Å². The fourth-order valence-electron chi connectivity index (χ4n) is 2.12. The number of carbonyl (C=O) groups is 3. The van der Waals surface area contributed by atoms with Crippen LogP contribution in [0.25, 0.3) is 11.5 Å². The van der Waals surface area contributed by atoms with Crippen LogP contribution in [0, 0.1) is 6.92 Å². The van der Waals surface area contributed by atoms with Crippen LogP contribution in [0.2, 0.25) is 0 Å². The number of carbonyl (C=O) groups excluding carboxylic acids is 3. The first-order valence-corrected chi connectivity index (χ1v) is 8.75. The molecular weight excluding hydrogens is 370 g/mol. The maximum absolute atomic E-state index is 12.1. The van der Waals surface area contributed by atoms with Gasteiger partial charge in [-0.25, -0.2) is 9.78 Å². The molecule has 0 bridgehead atoms. The molecule has 0 atom stereocenters. The first-order valence-electron chi connectivity index (χ1n) is 7.87. The third-order valence-corrected chi connectivity index (χ3v) is 4.27. The molecular formula is C18H15N3O5S. The van der Waals surface area contributed by atoms with Crippen molar-refractivity contribution in [3.05, 3.63) is 64.2 Å². The highest BCUT2D eigenvalue weighted by atomic mass is 32.1. The van der Waals surface area contributed by atoms with Gasteiger partial charge in [0.05, 0.1) is 4.88 Å². The molecule has 2 aromatic heterocycles. The van der Waals surface area contributed by atoms with E-state index in [-0.39, 0.29) is 17.3 Å². The number of oxazole rings is 1. The molecule has 1 aromatic carbocycles. The van der Waals surface area contributed by atoms with Gasteiger partial charge < -0.3 is 9.15 Å². The lowest BCUT2D eigenvalue weighted by Gasteiger charge is -2.06. The molecule has 0 saturated heterocycles. The van der Waals surface area contributed by atoms with Crippen molar-refractivity contribution >= 4 is 29.1 Å². The summed E-state index contributed by atoms with van der Waals surface area (Å²) in [5.74, 6) is -1.36. The minimum Gasteiger partial charge on any atom is -0.451 e. The zero-order chi connectivity index (χ0) is 19.2. The van der Waals surface area contributed by atoms with E-state index in [0.717, 1.165) is 0 Å². The molecule has 3 aromatic rings. The van der Waals surface area contributed by atoms with Crippen molar-refractivity contribution in [3.8, 4) is 11.5 Å². The number of hydrogen-bond donors (Lipinski definition) is 2. The van der Waals surface area contributed by atoms with E-state index in [1.165, 1.54) is 11.3 Å². The van der Waals surface area contributed by atoms with Gasteiger partial charge in [-0.3, -0.25) is 20.4 Å². The molecule has 27 heavy (non-hydrogen) atoms. The van der Waals surface area contributed by atoms with E-state index in [4.69, 9.17) is 9.15 Å². The van der Waals surface area contributed by atoms with E-state index in [1.54, 1.807) is 36.6 Å². The second kappa shape index (κ2) is 8.28. The number of nitrogens with one attached hydrogen (secondary N) is 2. The zero-order valence-corrected chi connectivity index (χ0v) is 15.0. The fourth-order valence-corrected chi connectivity index (χ4v) is 2.74. The lowest BCUT2D eigenvalue weighted by Crippen LogP contribution is -2.43. The number of aryl methyl sites for hydroxylation is 1. The Kier molecular flexibility index (Phi) is 5.62. The fraction of sp³-hybridized carbons (Fsp3) is 0.111. The SMILES string of the molecule is Cc1oc(-c2ccccc2)nc1C(=O)OCC(=O)NNC(=O)c1cccs1. The van der Waals surface area contributed by atoms with Crippen LogP contribution in [0.15, 0.2) is 52.3 Å². The number of hydrazine groups is 1. The van der Waals surface area contributed by atoms with Crippen LogP contribution < -0.4 is 10.9 Å². The summed E-state index contributed by atoms with van der Waals surface area (Å²) < 4.78 is 10.4. The quantitative estimate of drug-likeness (QED) is 0.515. The summed E-state index contributed by atoms with van der Waals surface area (Å²) in [4.78, 5) is 40.1. The van der Waals surface area contributed by atoms with Gasteiger partial charge in [-0.2, -0.15) is 0 Å². The average molecular weight is 385 g/mol. The number of nitrogens with zero attached hydrogens (tertiary/aromatic N) is 1. The van der Waals surface area contributed by atoms with Crippen LogP contribution in [0.4, 0.5) is 0 Å². The van der Waals surface area contributed by atoms with Gasteiger partial charge in [-0.15, -0.1) is 11.3 Å². The van der Waals surface area contributed by atoms with Crippen molar-refractivity contribution in [1.29, 1.82) is 0 Å². The van der Waals surface area contributed by atoms with E-state index in [9.17, 15) is 14.4 Å². The van der Waals surface area contributed by atoms with Crippen molar-refractivity contribution in [1.82, 2.24) is 15.8 Å². The molecule has 0 aliphatic heterocycles. The third-order valence-electron chi connectivity index (χ3n) is 3.41. The van der Waals surface area contributed by atoms with E-state index < -0.39 is 24.4 Å². The number of esters is 1. The molecule has 0 spiro atoms. The molecule has 9 heteroatoms. The maximum Gasteiger partial charge on any atom is 0.361 e. The Morgan fingerprint density at radius 3 is 2.59 bits per heavy atom. The molecule has 0 radical (unpaired) electrons. The average Bonchev–Trinajstić information content (AvgIpc) is 3.35. The number of amides is 2. The van der Waals surface area contributed by atoms with Gasteiger partial charge in [-0.05, 0) is 30.5 Å². The minimum absolute atomic E-state index is 0.00993. The molecule has 2 amide bonds. The second-order valence-electron chi connectivity index (χ2n) is 5.35. The van der Waals surface area contributed by atoms with Gasteiger partial charge in [0.1, 0.15) is 5.76 Å². The van der Waals surface area contributed by atoms with E-state index >= 15 is 0 Å². The number of aromatic nitrogens is 1. The van der Waals surface area contributed by atoms with Crippen molar-refractivity contribution in [2.45, 2.75) is 6.92 Å². The van der Waals surface area contributed by atoms with Gasteiger partial charge >= 0.3 is 5.97 Å². The van der Waals surface area contributed by atoms with Gasteiger partial charge in [0, 0.05) is 5.56 Å². The molecule has 3 rings (SSSR count). The van der Waals surface area contributed by atoms with Crippen LogP contribution in [-0.4, -0.2) is 29.4 Å². The normalized spacial score (nSPS) is 10.3. The Labute approximate surface area is 158 Å². The zero-order valence-electron chi connectivity index (χ0n) is 14.2. The Morgan fingerprint density at radius 2 is 1.89 bits per heavy atom. The van der Waals surface area contributed by atoms with Gasteiger partial charge in [0.2, 0.25) is 5.89 Å². The highest BCUT2D eigenvalue weighted by Crippen LogP contribution is 2.21. The first-order chi connectivity index (χ1) is 13.0. The van der Waals surface area contributed by atoms with Crippen molar-refractivity contribution in [2.24, 2.45) is 0 Å². The van der Waals surface area contributed by atoms with Crippen LogP contribution in [-0.2, 0) is 9.53 Å². The molecule has 0 aliphatic rings. The smallest absolute Gasteiger partial charge is 0.361 e. The lowest BCUT2D eigenvalue weighted by molar-refractivity contribution is -0.125. The van der Waals surface area contributed by atoms with Crippen LogP contribution in [0.5, 0.6) is 0 Å². The van der Waals surface area contributed by atoms with E-state index in [2.05, 4.69) is 15.8 Å². The van der Waals surface area contributed by atoms with Crippen molar-refractivity contribution in [3.63, 3.8) is 0 Å². The number of hydrogen-bond acceptors (Lipinski definition) is 7. The minimum atomic E-state index is -0.793. The molecule has 8 nitrogen and oxygen atoms in total. The van der Waals surface area contributed by atoms with E-state index in [1.807, 2.05) is 18.2 Å². The molecule has 2 heterocycles. The summed E-state index contributed by atoms with van der Waals surface area (Å²) in [5, 5.41) is 1.74. The molecule has 0 fully saturated rings. The first kappa shape index (κ1) is 18.3. The largest absolute Gasteiger partial charge is 0.451 e. The highest BCUT2D eigenvalue weighted by molar-refractivity contribution is 7.12. The Hall–Kier alpha value is -3.46. The lowest BCUT2D eigenvalue weighted by atomic mass is 10.2. The number of benzene rings is 1. The second-order valence-corrected chi connectivity index (χ2v) is 6.29. The standard InChI is InChI=1S/C18H15N3O5S/c1-11-15(19-17(26-11)12-6-3-2-4-7-12)18(24)25-10-14(22)20-21-16(23)13-8-5-9-27-13/h2-9H,10H2,1H3,(H,20,22)(H,21,23). The third kappa shape index (κ3) is 4.59. The number of thiophene rings is 1. The summed E-state index contributed by atoms with van der Waals surface area (Å²) >= 11 is 1.23. The Morgan fingerprint density at radius 1 is 1.11 bits per heavy atom. The molecule has 0 unspecified atom stereocenters. The van der Waals surface area contributed by atoms with Gasteiger partial charge in [-0.1, -0.05) is 24.3 Å². The van der Waals surface area contributed by atoms with Crippen LogP contribution in [0.1, 0.15) is 25.9 Å². The Bertz CT molecular complexity index is 951. The number of rotatable bonds is 5. The number of ether oxygens (including phenoxy) is 1. The topological polar surface area (TPSA) is 111 Å². The molecule has 2 N–H and O–H groups in total. The Balaban J connectivity index is 1.52. The van der Waals surface area contributed by atoms with Crippen molar-refractivity contribution < 1.29 is 23.5 Å². The molecule has 138 valence electrons. The summed E-state index contributed by atoms with van der Waals surface area (Å²) in [5.41, 5.74) is 5.11. The summed E-state index contributed by atoms with van der Waals surface area (Å²) in [6.45, 7) is 1.01. The highest BCUT2D eigenvalue weighted by Gasteiger charge is 2.20. The summed E-state index contributed by atoms with van der Waals surface area (Å²) in [6, 6.07) is 12.4.